The predicted octanol–water partition coefficient (Wildman–Crippen LogP) is 3.07. The first-order valence-corrected chi connectivity index (χ1v) is 6.22. The molecule has 0 unspecified atom stereocenters. The van der Waals surface area contributed by atoms with Crippen molar-refractivity contribution in [3.63, 3.8) is 0 Å². The third-order valence-electron chi connectivity index (χ3n) is 2.63. The number of rotatable bonds is 6. The van der Waals surface area contributed by atoms with Gasteiger partial charge in [0.05, 0.1) is 5.56 Å². The Morgan fingerprint density at radius 3 is 2.11 bits per heavy atom. The van der Waals surface area contributed by atoms with E-state index in [1.165, 1.54) is 12.1 Å². The van der Waals surface area contributed by atoms with Gasteiger partial charge in [0.15, 0.2) is 0 Å². The molecule has 1 aromatic rings. The number of carboxylic acids is 1. The van der Waals surface area contributed by atoms with Crippen molar-refractivity contribution in [3.8, 4) is 0 Å². The van der Waals surface area contributed by atoms with E-state index in [1.54, 1.807) is 17.0 Å². The summed E-state index contributed by atoms with van der Waals surface area (Å²) in [4.78, 5) is 24.9. The van der Waals surface area contributed by atoms with Gasteiger partial charge < -0.3 is 10.0 Å². The summed E-state index contributed by atoms with van der Waals surface area (Å²) in [6, 6.07) is 6.19. The third-order valence-corrected chi connectivity index (χ3v) is 2.63. The topological polar surface area (TPSA) is 57.6 Å². The average molecular weight is 286 g/mol. The van der Waals surface area contributed by atoms with E-state index in [0.717, 1.165) is 12.8 Å². The summed E-state index contributed by atoms with van der Waals surface area (Å²) in [5.74, 6) is -1.11. The highest BCUT2D eigenvalue weighted by atomic mass is 35.5. The minimum absolute atomic E-state index is 0. The Kier molecular flexibility index (Phi) is 7.84. The minimum Gasteiger partial charge on any atom is -0.478 e. The van der Waals surface area contributed by atoms with Crippen LogP contribution in [0.4, 0.5) is 0 Å². The van der Waals surface area contributed by atoms with Crippen LogP contribution in [0.25, 0.3) is 0 Å². The van der Waals surface area contributed by atoms with E-state index in [-0.39, 0.29) is 23.9 Å². The summed E-state index contributed by atoms with van der Waals surface area (Å²) in [6.45, 7) is 5.43. The van der Waals surface area contributed by atoms with Crippen molar-refractivity contribution in [3.05, 3.63) is 35.4 Å². The molecule has 0 saturated carbocycles. The normalized spacial score (nSPS) is 9.58. The second-order valence-electron chi connectivity index (χ2n) is 4.18. The molecule has 0 aliphatic rings. The van der Waals surface area contributed by atoms with Crippen LogP contribution < -0.4 is 0 Å². The van der Waals surface area contributed by atoms with Crippen LogP contribution in [0.1, 0.15) is 47.4 Å². The van der Waals surface area contributed by atoms with Crippen molar-refractivity contribution < 1.29 is 14.7 Å². The number of hydrogen-bond donors (Lipinski definition) is 1. The summed E-state index contributed by atoms with van der Waals surface area (Å²) in [5.41, 5.74) is 0.589. The molecule has 0 radical (unpaired) electrons. The third kappa shape index (κ3) is 4.91. The lowest BCUT2D eigenvalue weighted by Gasteiger charge is -2.21. The summed E-state index contributed by atoms with van der Waals surface area (Å²) in [6.07, 6.45) is 1.79. The quantitative estimate of drug-likeness (QED) is 0.874. The molecule has 0 bridgehead atoms. The Morgan fingerprint density at radius 1 is 1.11 bits per heavy atom. The van der Waals surface area contributed by atoms with E-state index >= 15 is 0 Å². The molecule has 0 spiro atoms. The second-order valence-corrected chi connectivity index (χ2v) is 4.18. The zero-order valence-electron chi connectivity index (χ0n) is 11.3. The molecule has 0 saturated heterocycles. The lowest BCUT2D eigenvalue weighted by Crippen LogP contribution is -2.32. The standard InChI is InChI=1S/C14H19NO3.ClH/c1-3-8-15(9-4-2)13(16)11-6-5-7-12(10-11)14(17)18;/h5-7,10H,3-4,8-9H2,1-2H3,(H,17,18);1H. The van der Waals surface area contributed by atoms with Gasteiger partial charge in [0.25, 0.3) is 5.91 Å². The highest BCUT2D eigenvalue weighted by molar-refractivity contribution is 5.97. The summed E-state index contributed by atoms with van der Waals surface area (Å²) >= 11 is 0. The highest BCUT2D eigenvalue weighted by Crippen LogP contribution is 2.10. The van der Waals surface area contributed by atoms with Gasteiger partial charge in [-0.2, -0.15) is 0 Å². The predicted molar refractivity (Wildman–Crippen MR) is 77.1 cm³/mol. The molecule has 4 nitrogen and oxygen atoms in total. The number of carboxylic acid groups (broad SMARTS) is 1. The zero-order valence-corrected chi connectivity index (χ0v) is 12.1. The van der Waals surface area contributed by atoms with Gasteiger partial charge in [0.2, 0.25) is 0 Å². The van der Waals surface area contributed by atoms with Crippen molar-refractivity contribution in [2.75, 3.05) is 13.1 Å². The number of halogens is 1. The molecule has 0 fully saturated rings. The number of carbonyl (C=O) groups excluding carboxylic acids is 1. The van der Waals surface area contributed by atoms with E-state index in [4.69, 9.17) is 5.11 Å². The summed E-state index contributed by atoms with van der Waals surface area (Å²) in [5, 5.41) is 8.91. The average Bonchev–Trinajstić information content (AvgIpc) is 2.38. The first-order chi connectivity index (χ1) is 8.60. The monoisotopic (exact) mass is 285 g/mol. The maximum absolute atomic E-state index is 12.2. The van der Waals surface area contributed by atoms with E-state index in [9.17, 15) is 9.59 Å². The summed E-state index contributed by atoms with van der Waals surface area (Å²) in [7, 11) is 0. The van der Waals surface area contributed by atoms with Crippen molar-refractivity contribution in [1.29, 1.82) is 0 Å². The van der Waals surface area contributed by atoms with Gasteiger partial charge in [-0.05, 0) is 31.0 Å². The Bertz CT molecular complexity index is 428. The number of benzene rings is 1. The van der Waals surface area contributed by atoms with Crippen LogP contribution in [-0.4, -0.2) is 35.0 Å². The van der Waals surface area contributed by atoms with Crippen molar-refractivity contribution in [2.45, 2.75) is 26.7 Å². The van der Waals surface area contributed by atoms with Gasteiger partial charge in [-0.25, -0.2) is 4.79 Å². The van der Waals surface area contributed by atoms with E-state index in [0.29, 0.717) is 18.7 Å². The van der Waals surface area contributed by atoms with Crippen LogP contribution in [0.5, 0.6) is 0 Å². The highest BCUT2D eigenvalue weighted by Gasteiger charge is 2.15. The number of aromatic carboxylic acids is 1. The van der Waals surface area contributed by atoms with Gasteiger partial charge in [0, 0.05) is 18.7 Å². The molecule has 5 heteroatoms. The molecule has 1 aromatic carbocycles. The largest absolute Gasteiger partial charge is 0.478 e. The van der Waals surface area contributed by atoms with Crippen molar-refractivity contribution in [2.24, 2.45) is 0 Å². The summed E-state index contributed by atoms with van der Waals surface area (Å²) < 4.78 is 0. The van der Waals surface area contributed by atoms with Gasteiger partial charge in [-0.15, -0.1) is 12.4 Å². The molecule has 0 atom stereocenters. The molecular weight excluding hydrogens is 266 g/mol. The molecule has 1 rings (SSSR count). The first-order valence-electron chi connectivity index (χ1n) is 6.22. The second kappa shape index (κ2) is 8.53. The van der Waals surface area contributed by atoms with Crippen LogP contribution in [-0.2, 0) is 0 Å². The SMILES string of the molecule is CCCN(CCC)C(=O)c1cccc(C(=O)O)c1.Cl. The number of amides is 1. The van der Waals surface area contributed by atoms with Crippen molar-refractivity contribution >= 4 is 24.3 Å². The molecule has 106 valence electrons. The lowest BCUT2D eigenvalue weighted by atomic mass is 10.1. The number of carbonyl (C=O) groups is 2. The van der Waals surface area contributed by atoms with Gasteiger partial charge in [-0.3, -0.25) is 4.79 Å². The van der Waals surface area contributed by atoms with Crippen LogP contribution >= 0.6 is 12.4 Å². The van der Waals surface area contributed by atoms with Crippen LogP contribution in [0.3, 0.4) is 0 Å². The Morgan fingerprint density at radius 2 is 1.63 bits per heavy atom. The molecule has 1 N–H and O–H groups in total. The first kappa shape index (κ1) is 17.4. The van der Waals surface area contributed by atoms with E-state index in [1.807, 2.05) is 13.8 Å². The molecular formula is C14H20ClNO3. The van der Waals surface area contributed by atoms with Gasteiger partial charge in [-0.1, -0.05) is 19.9 Å². The maximum atomic E-state index is 12.2. The number of nitrogens with zero attached hydrogens (tertiary/aromatic N) is 1. The Balaban J connectivity index is 0.00000324. The fourth-order valence-corrected chi connectivity index (χ4v) is 1.82. The molecule has 0 aliphatic carbocycles. The molecule has 1 amide bonds. The van der Waals surface area contributed by atoms with Crippen LogP contribution in [0.2, 0.25) is 0 Å². The number of hydrogen-bond acceptors (Lipinski definition) is 2. The Labute approximate surface area is 119 Å². The zero-order chi connectivity index (χ0) is 13.5. The maximum Gasteiger partial charge on any atom is 0.335 e. The fourth-order valence-electron chi connectivity index (χ4n) is 1.82. The molecule has 0 aromatic heterocycles. The van der Waals surface area contributed by atoms with E-state index in [2.05, 4.69) is 0 Å². The van der Waals surface area contributed by atoms with Crippen molar-refractivity contribution in [1.82, 2.24) is 4.90 Å². The van der Waals surface area contributed by atoms with Crippen LogP contribution in [0, 0.1) is 0 Å². The fraction of sp³-hybridized carbons (Fsp3) is 0.429. The minimum atomic E-state index is -1.01. The molecule has 0 aliphatic heterocycles. The van der Waals surface area contributed by atoms with Crippen LogP contribution in [0.15, 0.2) is 24.3 Å². The van der Waals surface area contributed by atoms with Gasteiger partial charge in [0.1, 0.15) is 0 Å². The molecule has 19 heavy (non-hydrogen) atoms. The Hall–Kier alpha value is -1.55. The van der Waals surface area contributed by atoms with Gasteiger partial charge >= 0.3 is 5.97 Å². The van der Waals surface area contributed by atoms with E-state index < -0.39 is 5.97 Å². The molecule has 0 heterocycles. The lowest BCUT2D eigenvalue weighted by molar-refractivity contribution is 0.0697. The smallest absolute Gasteiger partial charge is 0.335 e.